The van der Waals surface area contributed by atoms with E-state index < -0.39 is 11.6 Å². The van der Waals surface area contributed by atoms with Crippen LogP contribution in [0, 0.1) is 11.6 Å². The molecule has 2 aromatic rings. The Kier molecular flexibility index (Phi) is 3.23. The summed E-state index contributed by atoms with van der Waals surface area (Å²) < 4.78 is 28.3. The van der Waals surface area contributed by atoms with Crippen molar-refractivity contribution in [2.75, 3.05) is 0 Å². The van der Waals surface area contributed by atoms with Gasteiger partial charge in [-0.05, 0) is 32.0 Å². The Morgan fingerprint density at radius 1 is 1.33 bits per heavy atom. The van der Waals surface area contributed by atoms with Gasteiger partial charge in [0.1, 0.15) is 17.3 Å². The van der Waals surface area contributed by atoms with Gasteiger partial charge in [0, 0.05) is 17.8 Å². The molecule has 0 fully saturated rings. The average molecular weight is 250 g/mol. The molecule has 2 rings (SSSR count). The molecule has 1 aromatic carbocycles. The second kappa shape index (κ2) is 4.68. The van der Waals surface area contributed by atoms with Gasteiger partial charge < -0.3 is 0 Å². The minimum Gasteiger partial charge on any atom is -0.298 e. The van der Waals surface area contributed by atoms with E-state index in [2.05, 4.69) is 5.10 Å². The van der Waals surface area contributed by atoms with E-state index in [9.17, 15) is 13.6 Å². The van der Waals surface area contributed by atoms with Gasteiger partial charge in [-0.25, -0.2) is 8.78 Å². The molecule has 0 N–H and O–H groups in total. The Morgan fingerprint density at radius 3 is 2.67 bits per heavy atom. The van der Waals surface area contributed by atoms with E-state index in [4.69, 9.17) is 0 Å². The summed E-state index contributed by atoms with van der Waals surface area (Å²) in [5.74, 6) is -1.17. The lowest BCUT2D eigenvalue weighted by Crippen LogP contribution is -2.01. The summed E-state index contributed by atoms with van der Waals surface area (Å²) in [7, 11) is 0. The number of hydrogen-bond acceptors (Lipinski definition) is 2. The van der Waals surface area contributed by atoms with Crippen LogP contribution in [-0.4, -0.2) is 16.1 Å². The van der Waals surface area contributed by atoms with Crippen LogP contribution in [0.25, 0.3) is 11.3 Å². The third-order valence-electron chi connectivity index (χ3n) is 2.60. The number of benzene rings is 1. The van der Waals surface area contributed by atoms with Gasteiger partial charge in [-0.1, -0.05) is 0 Å². The summed E-state index contributed by atoms with van der Waals surface area (Å²) in [5.41, 5.74) is 0.403. The Labute approximate surface area is 103 Å². The smallest absolute Gasteiger partial charge is 0.153 e. The predicted molar refractivity (Wildman–Crippen MR) is 63.4 cm³/mol. The molecule has 0 radical (unpaired) electrons. The standard InChI is InChI=1S/C13H12F2N2O/c1-8(2)17-6-9(7-18)13(16-17)11-5-10(14)3-4-12(11)15/h3-8H,1-2H3. The van der Waals surface area contributed by atoms with E-state index in [-0.39, 0.29) is 22.9 Å². The van der Waals surface area contributed by atoms with Gasteiger partial charge >= 0.3 is 0 Å². The SMILES string of the molecule is CC(C)n1cc(C=O)c(-c2cc(F)ccc2F)n1. The second-order valence-electron chi connectivity index (χ2n) is 4.25. The number of nitrogens with zero attached hydrogens (tertiary/aromatic N) is 2. The van der Waals surface area contributed by atoms with Crippen molar-refractivity contribution in [3.05, 3.63) is 41.6 Å². The van der Waals surface area contributed by atoms with Crippen LogP contribution in [0.4, 0.5) is 8.78 Å². The minimum absolute atomic E-state index is 0.00324. The van der Waals surface area contributed by atoms with Crippen LogP contribution in [0.2, 0.25) is 0 Å². The van der Waals surface area contributed by atoms with Crippen LogP contribution in [0.1, 0.15) is 30.2 Å². The van der Waals surface area contributed by atoms with Gasteiger partial charge in [0.15, 0.2) is 6.29 Å². The third-order valence-corrected chi connectivity index (χ3v) is 2.60. The fourth-order valence-electron chi connectivity index (χ4n) is 1.64. The molecule has 0 spiro atoms. The molecular weight excluding hydrogens is 238 g/mol. The first-order valence-electron chi connectivity index (χ1n) is 5.52. The van der Waals surface area contributed by atoms with E-state index >= 15 is 0 Å². The normalized spacial score (nSPS) is 10.9. The highest BCUT2D eigenvalue weighted by atomic mass is 19.1. The van der Waals surface area contributed by atoms with Crippen molar-refractivity contribution in [3.8, 4) is 11.3 Å². The molecule has 94 valence electrons. The zero-order chi connectivity index (χ0) is 13.3. The van der Waals surface area contributed by atoms with Gasteiger partial charge in [0.25, 0.3) is 0 Å². The first-order chi connectivity index (χ1) is 8.52. The van der Waals surface area contributed by atoms with E-state index in [0.717, 1.165) is 18.2 Å². The molecule has 1 heterocycles. The van der Waals surface area contributed by atoms with Crippen LogP contribution in [0.5, 0.6) is 0 Å². The molecule has 0 saturated carbocycles. The number of carbonyl (C=O) groups is 1. The molecule has 0 aliphatic rings. The fraction of sp³-hybridized carbons (Fsp3) is 0.231. The predicted octanol–water partition coefficient (Wildman–Crippen LogP) is 3.22. The van der Waals surface area contributed by atoms with Crippen LogP contribution < -0.4 is 0 Å². The van der Waals surface area contributed by atoms with Gasteiger partial charge in [-0.3, -0.25) is 9.48 Å². The molecule has 5 heteroatoms. The largest absolute Gasteiger partial charge is 0.298 e. The number of hydrogen-bond donors (Lipinski definition) is 0. The maximum absolute atomic E-state index is 13.7. The van der Waals surface area contributed by atoms with Crippen molar-refractivity contribution in [3.63, 3.8) is 0 Å². The summed E-state index contributed by atoms with van der Waals surface area (Å²) in [6, 6.07) is 3.12. The number of aromatic nitrogens is 2. The lowest BCUT2D eigenvalue weighted by molar-refractivity contribution is 0.112. The van der Waals surface area contributed by atoms with Crippen molar-refractivity contribution in [2.24, 2.45) is 0 Å². The van der Waals surface area contributed by atoms with E-state index in [1.54, 1.807) is 4.68 Å². The van der Waals surface area contributed by atoms with Crippen molar-refractivity contribution in [1.82, 2.24) is 9.78 Å². The zero-order valence-electron chi connectivity index (χ0n) is 10.0. The van der Waals surface area contributed by atoms with Crippen molar-refractivity contribution >= 4 is 6.29 Å². The number of halogens is 2. The Balaban J connectivity index is 2.62. The molecule has 0 amide bonds. The second-order valence-corrected chi connectivity index (χ2v) is 4.25. The lowest BCUT2D eigenvalue weighted by atomic mass is 10.1. The van der Waals surface area contributed by atoms with Crippen molar-refractivity contribution < 1.29 is 13.6 Å². The monoisotopic (exact) mass is 250 g/mol. The molecule has 0 unspecified atom stereocenters. The Hall–Kier alpha value is -2.04. The fourth-order valence-corrected chi connectivity index (χ4v) is 1.64. The molecule has 0 bridgehead atoms. The highest BCUT2D eigenvalue weighted by molar-refractivity contribution is 5.85. The molecule has 0 aliphatic carbocycles. The summed E-state index contributed by atoms with van der Waals surface area (Å²) in [6.07, 6.45) is 2.11. The molecular formula is C13H12F2N2O. The first-order valence-corrected chi connectivity index (χ1v) is 5.52. The molecule has 0 aliphatic heterocycles. The summed E-state index contributed by atoms with van der Waals surface area (Å²) in [5, 5.41) is 4.13. The van der Waals surface area contributed by atoms with E-state index in [0.29, 0.717) is 6.29 Å². The number of carbonyl (C=O) groups excluding carboxylic acids is 1. The van der Waals surface area contributed by atoms with Gasteiger partial charge in [0.05, 0.1) is 5.56 Å². The van der Waals surface area contributed by atoms with Crippen LogP contribution in [0.3, 0.4) is 0 Å². The molecule has 18 heavy (non-hydrogen) atoms. The molecule has 0 saturated heterocycles. The lowest BCUT2D eigenvalue weighted by Gasteiger charge is -2.04. The average Bonchev–Trinajstić information content (AvgIpc) is 2.76. The van der Waals surface area contributed by atoms with Gasteiger partial charge in [-0.15, -0.1) is 0 Å². The minimum atomic E-state index is -0.603. The van der Waals surface area contributed by atoms with Gasteiger partial charge in [0.2, 0.25) is 0 Å². The van der Waals surface area contributed by atoms with E-state index in [1.165, 1.54) is 6.20 Å². The summed E-state index contributed by atoms with van der Waals surface area (Å²) >= 11 is 0. The summed E-state index contributed by atoms with van der Waals surface area (Å²) in [4.78, 5) is 11.0. The first kappa shape index (κ1) is 12.4. The van der Waals surface area contributed by atoms with Crippen molar-refractivity contribution in [2.45, 2.75) is 19.9 Å². The highest BCUT2D eigenvalue weighted by Gasteiger charge is 2.16. The quantitative estimate of drug-likeness (QED) is 0.784. The van der Waals surface area contributed by atoms with Crippen LogP contribution in [0.15, 0.2) is 24.4 Å². The summed E-state index contributed by atoms with van der Waals surface area (Å²) in [6.45, 7) is 3.76. The molecule has 1 aromatic heterocycles. The maximum Gasteiger partial charge on any atom is 0.153 e. The van der Waals surface area contributed by atoms with Crippen LogP contribution >= 0.6 is 0 Å². The molecule has 3 nitrogen and oxygen atoms in total. The highest BCUT2D eigenvalue weighted by Crippen LogP contribution is 2.25. The topological polar surface area (TPSA) is 34.9 Å². The number of aldehydes is 1. The Bertz CT molecular complexity index is 591. The zero-order valence-corrected chi connectivity index (χ0v) is 10.0. The maximum atomic E-state index is 13.7. The van der Waals surface area contributed by atoms with Crippen LogP contribution in [-0.2, 0) is 0 Å². The Morgan fingerprint density at radius 2 is 2.06 bits per heavy atom. The van der Waals surface area contributed by atoms with Crippen molar-refractivity contribution in [1.29, 1.82) is 0 Å². The van der Waals surface area contributed by atoms with Gasteiger partial charge in [-0.2, -0.15) is 5.10 Å². The number of rotatable bonds is 3. The third kappa shape index (κ3) is 2.16. The molecule has 0 atom stereocenters. The van der Waals surface area contributed by atoms with E-state index in [1.807, 2.05) is 13.8 Å².